The maximum Gasteiger partial charge on any atom is 0.251 e. The lowest BCUT2D eigenvalue weighted by atomic mass is 10.2. The van der Waals surface area contributed by atoms with Crippen molar-refractivity contribution in [3.05, 3.63) is 66.0 Å². The van der Waals surface area contributed by atoms with Crippen LogP contribution in [0.1, 0.15) is 16.2 Å². The number of hydrogen-bond donors (Lipinski definition) is 2. The minimum absolute atomic E-state index is 0.172. The molecule has 0 bridgehead atoms. The van der Waals surface area contributed by atoms with E-state index in [1.54, 1.807) is 41.9 Å². The highest BCUT2D eigenvalue weighted by Crippen LogP contribution is 2.18. The van der Waals surface area contributed by atoms with Crippen molar-refractivity contribution in [3.63, 3.8) is 0 Å². The normalized spacial score (nSPS) is 10.4. The van der Waals surface area contributed by atoms with Gasteiger partial charge in [-0.05, 0) is 12.1 Å². The summed E-state index contributed by atoms with van der Waals surface area (Å²) in [6.07, 6.45) is 3.34. The van der Waals surface area contributed by atoms with Crippen LogP contribution in [0, 0.1) is 0 Å². The molecule has 0 aliphatic carbocycles. The largest absolute Gasteiger partial charge is 0.345 e. The topological polar surface area (TPSA) is 102 Å². The van der Waals surface area contributed by atoms with E-state index in [0.29, 0.717) is 28.2 Å². The third-order valence-corrected chi connectivity index (χ3v) is 5.21. The van der Waals surface area contributed by atoms with Gasteiger partial charge in [-0.25, -0.2) is 4.98 Å². The molecule has 10 heteroatoms. The Morgan fingerprint density at radius 2 is 2.07 bits per heavy atom. The summed E-state index contributed by atoms with van der Waals surface area (Å²) in [6, 6.07) is 8.95. The Balaban J connectivity index is 1.60. The SMILES string of the molecule is C=CCn1c(CNC(=O)c2ccccc2)nnc1SCC(=O)Nc1nccs1. The van der Waals surface area contributed by atoms with E-state index in [2.05, 4.69) is 32.4 Å². The van der Waals surface area contributed by atoms with Gasteiger partial charge in [-0.3, -0.25) is 9.59 Å². The number of thioether (sulfide) groups is 1. The predicted octanol–water partition coefficient (Wildman–Crippen LogP) is 2.58. The Labute approximate surface area is 170 Å². The van der Waals surface area contributed by atoms with Crippen LogP contribution in [-0.4, -0.2) is 37.3 Å². The second kappa shape index (κ2) is 9.81. The van der Waals surface area contributed by atoms with Crippen LogP contribution in [0.5, 0.6) is 0 Å². The van der Waals surface area contributed by atoms with Gasteiger partial charge in [0.25, 0.3) is 5.91 Å². The monoisotopic (exact) mass is 414 g/mol. The number of hydrogen-bond acceptors (Lipinski definition) is 7. The molecule has 1 aromatic carbocycles. The number of carbonyl (C=O) groups excluding carboxylic acids is 2. The molecular weight excluding hydrogens is 396 g/mol. The fourth-order valence-corrected chi connectivity index (χ4v) is 3.60. The molecule has 0 unspecified atom stereocenters. The van der Waals surface area contributed by atoms with Gasteiger partial charge in [-0.1, -0.05) is 36.0 Å². The van der Waals surface area contributed by atoms with Crippen molar-refractivity contribution in [2.75, 3.05) is 11.1 Å². The van der Waals surface area contributed by atoms with Crippen molar-refractivity contribution >= 4 is 40.0 Å². The van der Waals surface area contributed by atoms with E-state index >= 15 is 0 Å². The summed E-state index contributed by atoms with van der Waals surface area (Å²) in [5.41, 5.74) is 0.575. The Hall–Kier alpha value is -2.98. The molecule has 3 rings (SSSR count). The molecule has 144 valence electrons. The van der Waals surface area contributed by atoms with Crippen molar-refractivity contribution in [2.24, 2.45) is 0 Å². The van der Waals surface area contributed by atoms with Crippen LogP contribution < -0.4 is 10.6 Å². The molecule has 28 heavy (non-hydrogen) atoms. The van der Waals surface area contributed by atoms with Gasteiger partial charge in [0.2, 0.25) is 5.91 Å². The van der Waals surface area contributed by atoms with Crippen LogP contribution >= 0.6 is 23.1 Å². The lowest BCUT2D eigenvalue weighted by Gasteiger charge is -2.09. The minimum Gasteiger partial charge on any atom is -0.345 e. The molecule has 2 aromatic heterocycles. The van der Waals surface area contributed by atoms with Gasteiger partial charge < -0.3 is 15.2 Å². The molecule has 0 fully saturated rings. The van der Waals surface area contributed by atoms with Crippen LogP contribution in [0.2, 0.25) is 0 Å². The number of rotatable bonds is 9. The van der Waals surface area contributed by atoms with E-state index in [1.807, 2.05) is 10.6 Å². The van der Waals surface area contributed by atoms with Crippen molar-refractivity contribution in [3.8, 4) is 0 Å². The standard InChI is InChI=1S/C18H18N6O2S2/c1-2-9-24-14(11-20-16(26)13-6-4-3-5-7-13)22-23-18(24)28-12-15(25)21-17-19-8-10-27-17/h2-8,10H,1,9,11-12H2,(H,20,26)(H,19,21,25). The number of allylic oxidation sites excluding steroid dienone is 1. The summed E-state index contributed by atoms with van der Waals surface area (Å²) >= 11 is 2.62. The van der Waals surface area contributed by atoms with Gasteiger partial charge in [-0.2, -0.15) is 0 Å². The molecule has 2 heterocycles. The summed E-state index contributed by atoms with van der Waals surface area (Å²) in [4.78, 5) is 28.3. The Kier molecular flexibility index (Phi) is 6.93. The Morgan fingerprint density at radius 1 is 1.25 bits per heavy atom. The molecule has 0 aliphatic heterocycles. The first-order valence-electron chi connectivity index (χ1n) is 8.35. The first-order chi connectivity index (χ1) is 13.7. The second-order valence-corrected chi connectivity index (χ2v) is 7.36. The van der Waals surface area contributed by atoms with Crippen LogP contribution in [-0.2, 0) is 17.9 Å². The third-order valence-electron chi connectivity index (χ3n) is 3.56. The average Bonchev–Trinajstić information content (AvgIpc) is 3.35. The van der Waals surface area contributed by atoms with E-state index in [1.165, 1.54) is 23.1 Å². The van der Waals surface area contributed by atoms with Gasteiger partial charge >= 0.3 is 0 Å². The molecule has 2 amide bonds. The molecule has 0 radical (unpaired) electrons. The lowest BCUT2D eigenvalue weighted by molar-refractivity contribution is -0.113. The highest BCUT2D eigenvalue weighted by molar-refractivity contribution is 7.99. The molecule has 2 N–H and O–H groups in total. The number of anilines is 1. The highest BCUT2D eigenvalue weighted by atomic mass is 32.2. The number of benzene rings is 1. The average molecular weight is 415 g/mol. The predicted molar refractivity (Wildman–Crippen MR) is 109 cm³/mol. The van der Waals surface area contributed by atoms with E-state index in [4.69, 9.17) is 0 Å². The smallest absolute Gasteiger partial charge is 0.251 e. The molecule has 3 aromatic rings. The first-order valence-corrected chi connectivity index (χ1v) is 10.2. The van der Waals surface area contributed by atoms with Gasteiger partial charge in [0.1, 0.15) is 0 Å². The number of thiazole rings is 1. The first kappa shape index (κ1) is 19.8. The lowest BCUT2D eigenvalue weighted by Crippen LogP contribution is -2.24. The number of carbonyl (C=O) groups is 2. The highest BCUT2D eigenvalue weighted by Gasteiger charge is 2.15. The van der Waals surface area contributed by atoms with Crippen LogP contribution in [0.4, 0.5) is 5.13 Å². The molecule has 0 aliphatic rings. The van der Waals surface area contributed by atoms with E-state index in [0.717, 1.165) is 0 Å². The minimum atomic E-state index is -0.189. The third kappa shape index (κ3) is 5.27. The van der Waals surface area contributed by atoms with Gasteiger partial charge in [0.15, 0.2) is 16.1 Å². The van der Waals surface area contributed by atoms with Gasteiger partial charge in [0, 0.05) is 23.7 Å². The molecule has 0 spiro atoms. The molecule has 0 saturated heterocycles. The second-order valence-electron chi connectivity index (χ2n) is 5.52. The number of nitrogens with zero attached hydrogens (tertiary/aromatic N) is 4. The van der Waals surface area contributed by atoms with Gasteiger partial charge in [-0.15, -0.1) is 28.1 Å². The summed E-state index contributed by atoms with van der Waals surface area (Å²) in [7, 11) is 0. The van der Waals surface area contributed by atoms with E-state index < -0.39 is 0 Å². The van der Waals surface area contributed by atoms with Crippen molar-refractivity contribution in [1.29, 1.82) is 0 Å². The number of aromatic nitrogens is 4. The fourth-order valence-electron chi connectivity index (χ4n) is 2.29. The van der Waals surface area contributed by atoms with Crippen LogP contribution in [0.3, 0.4) is 0 Å². The van der Waals surface area contributed by atoms with E-state index in [9.17, 15) is 9.59 Å². The van der Waals surface area contributed by atoms with Crippen molar-refractivity contribution in [1.82, 2.24) is 25.1 Å². The zero-order valence-electron chi connectivity index (χ0n) is 14.9. The molecule has 0 saturated carbocycles. The quantitative estimate of drug-likeness (QED) is 0.412. The summed E-state index contributed by atoms with van der Waals surface area (Å²) in [5.74, 6) is 0.399. The van der Waals surface area contributed by atoms with Gasteiger partial charge in [0.05, 0.1) is 12.3 Å². The van der Waals surface area contributed by atoms with Crippen molar-refractivity contribution < 1.29 is 9.59 Å². The molecule has 0 atom stereocenters. The Morgan fingerprint density at radius 3 is 2.79 bits per heavy atom. The maximum atomic E-state index is 12.2. The zero-order chi connectivity index (χ0) is 19.8. The molecular formula is C18H18N6O2S2. The number of amides is 2. The van der Waals surface area contributed by atoms with Crippen LogP contribution in [0.15, 0.2) is 59.7 Å². The van der Waals surface area contributed by atoms with Crippen LogP contribution in [0.25, 0.3) is 0 Å². The van der Waals surface area contributed by atoms with E-state index in [-0.39, 0.29) is 24.1 Å². The summed E-state index contributed by atoms with van der Waals surface area (Å²) in [5, 5.41) is 16.8. The number of nitrogens with one attached hydrogen (secondary N) is 2. The zero-order valence-corrected chi connectivity index (χ0v) is 16.5. The van der Waals surface area contributed by atoms with Crippen molar-refractivity contribution in [2.45, 2.75) is 18.2 Å². The fraction of sp³-hybridized carbons (Fsp3) is 0.167. The maximum absolute atomic E-state index is 12.2. The Bertz CT molecular complexity index is 940. The summed E-state index contributed by atoms with van der Waals surface area (Å²) in [6.45, 7) is 4.44. The summed E-state index contributed by atoms with van der Waals surface area (Å²) < 4.78 is 1.82. The molecule has 8 nitrogen and oxygen atoms in total.